The van der Waals surface area contributed by atoms with Crippen LogP contribution in [-0.4, -0.2) is 22.3 Å². The second-order valence-electron chi connectivity index (χ2n) is 6.97. The van der Waals surface area contributed by atoms with Crippen LogP contribution in [0.3, 0.4) is 0 Å². The molecule has 1 aromatic heterocycles. The summed E-state index contributed by atoms with van der Waals surface area (Å²) in [5.41, 5.74) is 3.66. The van der Waals surface area contributed by atoms with Gasteiger partial charge in [-0.15, -0.1) is 0 Å². The smallest absolute Gasteiger partial charge is 0.121 e. The summed E-state index contributed by atoms with van der Waals surface area (Å²) in [4.78, 5) is 0. The number of fused-ring (bicyclic) bond motifs is 3. The molecular weight excluding hydrogens is 320 g/mol. The van der Waals surface area contributed by atoms with Crippen LogP contribution in [0.5, 0.6) is 0 Å². The highest BCUT2D eigenvalue weighted by atomic mass is 16.3. The zero-order valence-electron chi connectivity index (χ0n) is 15.0. The highest BCUT2D eigenvalue weighted by Gasteiger charge is 2.16. The van der Waals surface area contributed by atoms with Gasteiger partial charge in [0.1, 0.15) is 18.7 Å². The maximum Gasteiger partial charge on any atom is 0.121 e. The van der Waals surface area contributed by atoms with Crippen molar-refractivity contribution < 1.29 is 10.4 Å². The first kappa shape index (κ1) is 16.8. The lowest BCUT2D eigenvalue weighted by molar-refractivity contribution is -0.698. The Morgan fingerprint density at radius 2 is 1.35 bits per heavy atom. The molecule has 0 bridgehead atoms. The SMILES string of the molecule is C[C@@H]([NH2+]C[C@@H](O)Cn1c2ccccc2c2ccccc21)c1ccccc1. The summed E-state index contributed by atoms with van der Waals surface area (Å²) in [6.45, 7) is 3.46. The third-order valence-corrected chi connectivity index (χ3v) is 5.16. The molecule has 0 saturated heterocycles. The standard InChI is InChI=1S/C23H24N2O/c1-17(18-9-3-2-4-10-18)24-15-19(26)16-25-22-13-7-5-11-20(22)21-12-6-8-14-23(21)25/h2-14,17,19,24,26H,15-16H2,1H3/p+1/t17-,19-/m1/s1. The van der Waals surface area contributed by atoms with Gasteiger partial charge in [0, 0.05) is 27.4 Å². The van der Waals surface area contributed by atoms with Gasteiger partial charge in [-0.05, 0) is 19.1 Å². The van der Waals surface area contributed by atoms with Crippen LogP contribution in [0, 0.1) is 0 Å². The highest BCUT2D eigenvalue weighted by molar-refractivity contribution is 6.07. The van der Waals surface area contributed by atoms with Crippen LogP contribution in [0.15, 0.2) is 78.9 Å². The summed E-state index contributed by atoms with van der Waals surface area (Å²) < 4.78 is 2.25. The molecule has 0 aliphatic rings. The zero-order valence-corrected chi connectivity index (χ0v) is 15.0. The normalized spacial score (nSPS) is 13.9. The van der Waals surface area contributed by atoms with Crippen LogP contribution in [0.2, 0.25) is 0 Å². The van der Waals surface area contributed by atoms with Crippen molar-refractivity contribution >= 4 is 21.8 Å². The number of hydrogen-bond acceptors (Lipinski definition) is 1. The Hall–Kier alpha value is -2.62. The minimum atomic E-state index is -0.402. The third-order valence-electron chi connectivity index (χ3n) is 5.16. The van der Waals surface area contributed by atoms with Crippen LogP contribution >= 0.6 is 0 Å². The number of nitrogens with two attached hydrogens (primary N) is 1. The van der Waals surface area contributed by atoms with E-state index in [9.17, 15) is 5.11 Å². The van der Waals surface area contributed by atoms with Gasteiger partial charge in [0.05, 0.1) is 6.54 Å². The topological polar surface area (TPSA) is 41.8 Å². The molecule has 4 rings (SSSR count). The van der Waals surface area contributed by atoms with E-state index in [4.69, 9.17) is 0 Å². The molecule has 3 N–H and O–H groups in total. The first-order chi connectivity index (χ1) is 12.7. The molecule has 0 aliphatic heterocycles. The van der Waals surface area contributed by atoms with Gasteiger partial charge in [0.25, 0.3) is 0 Å². The second-order valence-corrected chi connectivity index (χ2v) is 6.97. The predicted octanol–water partition coefficient (Wildman–Crippen LogP) is 3.48. The summed E-state index contributed by atoms with van der Waals surface area (Å²) in [6, 6.07) is 27.6. The number of aliphatic hydroxyl groups excluding tert-OH is 1. The molecule has 0 aliphatic carbocycles. The monoisotopic (exact) mass is 345 g/mol. The Morgan fingerprint density at radius 3 is 1.96 bits per heavy atom. The number of aromatic nitrogens is 1. The molecule has 3 nitrogen and oxygen atoms in total. The lowest BCUT2D eigenvalue weighted by Crippen LogP contribution is -2.86. The molecule has 0 unspecified atom stereocenters. The zero-order chi connectivity index (χ0) is 17.9. The van der Waals surface area contributed by atoms with Gasteiger partial charge in [-0.3, -0.25) is 0 Å². The van der Waals surface area contributed by atoms with Crippen LogP contribution in [0.4, 0.5) is 0 Å². The van der Waals surface area contributed by atoms with E-state index in [-0.39, 0.29) is 0 Å². The summed E-state index contributed by atoms with van der Waals surface area (Å²) >= 11 is 0. The Bertz CT molecular complexity index is 953. The van der Waals surface area contributed by atoms with Gasteiger partial charge < -0.3 is 15.0 Å². The van der Waals surface area contributed by atoms with E-state index >= 15 is 0 Å². The number of quaternary nitrogens is 1. The Kier molecular flexibility index (Phi) is 4.74. The number of aliphatic hydroxyl groups is 1. The van der Waals surface area contributed by atoms with Crippen molar-refractivity contribution in [3.63, 3.8) is 0 Å². The van der Waals surface area contributed by atoms with E-state index in [0.29, 0.717) is 19.1 Å². The molecule has 1 heterocycles. The molecule has 0 fully saturated rings. The number of rotatable bonds is 6. The molecule has 0 spiro atoms. The van der Waals surface area contributed by atoms with Crippen LogP contribution < -0.4 is 5.32 Å². The summed E-state index contributed by atoms with van der Waals surface area (Å²) in [5, 5.41) is 15.4. The molecule has 26 heavy (non-hydrogen) atoms. The average molecular weight is 345 g/mol. The first-order valence-corrected chi connectivity index (χ1v) is 9.26. The molecule has 2 atom stereocenters. The summed E-state index contributed by atoms with van der Waals surface area (Å²) in [7, 11) is 0. The van der Waals surface area contributed by atoms with Crippen molar-refractivity contribution in [2.45, 2.75) is 25.6 Å². The van der Waals surface area contributed by atoms with E-state index < -0.39 is 6.10 Å². The third kappa shape index (κ3) is 3.24. The van der Waals surface area contributed by atoms with Crippen molar-refractivity contribution in [1.29, 1.82) is 0 Å². The minimum absolute atomic E-state index is 0.337. The lowest BCUT2D eigenvalue weighted by atomic mass is 10.1. The molecule has 0 amide bonds. The number of hydrogen-bond donors (Lipinski definition) is 2. The van der Waals surface area contributed by atoms with Crippen molar-refractivity contribution in [3.05, 3.63) is 84.4 Å². The maximum absolute atomic E-state index is 10.7. The average Bonchev–Trinajstić information content (AvgIpc) is 3.01. The van der Waals surface area contributed by atoms with E-state index in [1.54, 1.807) is 0 Å². The van der Waals surface area contributed by atoms with Gasteiger partial charge >= 0.3 is 0 Å². The van der Waals surface area contributed by atoms with Crippen molar-refractivity contribution in [2.24, 2.45) is 0 Å². The maximum atomic E-state index is 10.7. The van der Waals surface area contributed by atoms with Gasteiger partial charge in [-0.1, -0.05) is 66.7 Å². The lowest BCUT2D eigenvalue weighted by Gasteiger charge is -2.16. The fourth-order valence-corrected chi connectivity index (χ4v) is 3.74. The Labute approximate surface area is 153 Å². The summed E-state index contributed by atoms with van der Waals surface area (Å²) in [6.07, 6.45) is -0.402. The fraction of sp³-hybridized carbons (Fsp3) is 0.217. The fourth-order valence-electron chi connectivity index (χ4n) is 3.74. The van der Waals surface area contributed by atoms with Crippen molar-refractivity contribution in [3.8, 4) is 0 Å². The predicted molar refractivity (Wildman–Crippen MR) is 107 cm³/mol. The Balaban J connectivity index is 1.53. The Morgan fingerprint density at radius 1 is 0.808 bits per heavy atom. The molecule has 3 aromatic carbocycles. The van der Waals surface area contributed by atoms with Gasteiger partial charge in [-0.25, -0.2) is 0 Å². The largest absolute Gasteiger partial charge is 0.385 e. The number of para-hydroxylation sites is 2. The highest BCUT2D eigenvalue weighted by Crippen LogP contribution is 2.28. The quantitative estimate of drug-likeness (QED) is 0.552. The molecule has 0 saturated carbocycles. The molecular formula is C23H25N2O+. The van der Waals surface area contributed by atoms with Gasteiger partial charge in [0.2, 0.25) is 0 Å². The van der Waals surface area contributed by atoms with E-state index in [0.717, 1.165) is 0 Å². The molecule has 132 valence electrons. The van der Waals surface area contributed by atoms with Gasteiger partial charge in [-0.2, -0.15) is 0 Å². The van der Waals surface area contributed by atoms with Gasteiger partial charge in [0.15, 0.2) is 0 Å². The van der Waals surface area contributed by atoms with Crippen LogP contribution in [0.25, 0.3) is 21.8 Å². The van der Waals surface area contributed by atoms with E-state index in [1.807, 2.05) is 6.07 Å². The summed E-state index contributed by atoms with van der Waals surface area (Å²) in [5.74, 6) is 0. The van der Waals surface area contributed by atoms with Crippen LogP contribution in [-0.2, 0) is 6.54 Å². The molecule has 0 radical (unpaired) electrons. The minimum Gasteiger partial charge on any atom is -0.385 e. The van der Waals surface area contributed by atoms with E-state index in [2.05, 4.69) is 89.6 Å². The number of benzene rings is 3. The van der Waals surface area contributed by atoms with E-state index in [1.165, 1.54) is 27.4 Å². The van der Waals surface area contributed by atoms with Crippen LogP contribution in [0.1, 0.15) is 18.5 Å². The molecule has 3 heteroatoms. The molecule has 4 aromatic rings. The first-order valence-electron chi connectivity index (χ1n) is 9.26. The van der Waals surface area contributed by atoms with Crippen molar-refractivity contribution in [2.75, 3.05) is 6.54 Å². The van der Waals surface area contributed by atoms with Crippen molar-refractivity contribution in [1.82, 2.24) is 4.57 Å². The number of nitrogens with zero attached hydrogens (tertiary/aromatic N) is 1. The second kappa shape index (κ2) is 7.32.